The van der Waals surface area contributed by atoms with Crippen molar-refractivity contribution < 1.29 is 14.7 Å². The van der Waals surface area contributed by atoms with E-state index in [1.807, 2.05) is 0 Å². The molecular weight excluding hydrogens is 314 g/mol. The third kappa shape index (κ3) is 3.14. The molecule has 0 unspecified atom stereocenters. The van der Waals surface area contributed by atoms with Gasteiger partial charge >= 0.3 is 5.97 Å². The molecule has 7 heteroatoms. The first kappa shape index (κ1) is 13.2. The smallest absolute Gasteiger partial charge is 0.338 e. The Morgan fingerprint density at radius 3 is 2.63 bits per heavy atom. The summed E-state index contributed by atoms with van der Waals surface area (Å²) in [6.07, 6.45) is 2.88. The largest absolute Gasteiger partial charge is 0.478 e. The molecule has 2 aromatic heterocycles. The maximum Gasteiger partial charge on any atom is 0.338 e. The highest BCUT2D eigenvalue weighted by Crippen LogP contribution is 2.12. The summed E-state index contributed by atoms with van der Waals surface area (Å²) >= 11 is 3.22. The summed E-state index contributed by atoms with van der Waals surface area (Å²) in [5.74, 6) is -1.51. The number of aromatic carboxylic acids is 1. The van der Waals surface area contributed by atoms with Crippen LogP contribution in [0.1, 0.15) is 20.8 Å². The molecule has 0 radical (unpaired) electrons. The van der Waals surface area contributed by atoms with Crippen LogP contribution in [0.15, 0.2) is 41.1 Å². The molecule has 2 rings (SSSR count). The summed E-state index contributed by atoms with van der Waals surface area (Å²) in [5.41, 5.74) is -0.308. The third-order valence-electron chi connectivity index (χ3n) is 2.22. The number of amides is 1. The van der Waals surface area contributed by atoms with E-state index in [9.17, 15) is 9.59 Å². The Balaban J connectivity index is 2.25. The van der Waals surface area contributed by atoms with Crippen LogP contribution < -0.4 is 5.32 Å². The number of nitrogens with one attached hydrogen (secondary N) is 1. The lowest BCUT2D eigenvalue weighted by Crippen LogP contribution is -2.18. The van der Waals surface area contributed by atoms with E-state index in [2.05, 4.69) is 31.2 Å². The minimum atomic E-state index is -1.21. The van der Waals surface area contributed by atoms with Crippen LogP contribution >= 0.6 is 15.9 Å². The van der Waals surface area contributed by atoms with Crippen molar-refractivity contribution in [2.75, 3.05) is 5.32 Å². The number of carboxylic acids is 1. The molecule has 0 saturated carbocycles. The first-order valence-corrected chi connectivity index (χ1v) is 5.98. The van der Waals surface area contributed by atoms with Gasteiger partial charge in [0.15, 0.2) is 0 Å². The van der Waals surface area contributed by atoms with Gasteiger partial charge in [0.1, 0.15) is 11.5 Å². The minimum absolute atomic E-state index is 0.153. The van der Waals surface area contributed by atoms with Crippen molar-refractivity contribution in [3.8, 4) is 0 Å². The number of rotatable bonds is 3. The van der Waals surface area contributed by atoms with E-state index in [0.29, 0.717) is 5.82 Å². The Hall–Kier alpha value is -2.28. The second-order valence-corrected chi connectivity index (χ2v) is 4.44. The number of carbonyl (C=O) groups excluding carboxylic acids is 1. The fraction of sp³-hybridized carbons (Fsp3) is 0. The van der Waals surface area contributed by atoms with Crippen LogP contribution in [0.3, 0.4) is 0 Å². The third-order valence-corrected chi connectivity index (χ3v) is 2.69. The van der Waals surface area contributed by atoms with Crippen molar-refractivity contribution in [2.24, 2.45) is 0 Å². The Morgan fingerprint density at radius 2 is 2.00 bits per heavy atom. The zero-order valence-corrected chi connectivity index (χ0v) is 11.1. The van der Waals surface area contributed by atoms with Crippen molar-refractivity contribution in [3.05, 3.63) is 52.4 Å². The molecule has 0 aromatic carbocycles. The molecule has 0 bridgehead atoms. The van der Waals surface area contributed by atoms with Crippen LogP contribution in [0.25, 0.3) is 0 Å². The van der Waals surface area contributed by atoms with Crippen molar-refractivity contribution in [1.29, 1.82) is 0 Å². The van der Waals surface area contributed by atoms with Crippen LogP contribution in [0, 0.1) is 0 Å². The van der Waals surface area contributed by atoms with E-state index in [0.717, 1.165) is 4.47 Å². The molecule has 2 N–H and O–H groups in total. The lowest BCUT2D eigenvalue weighted by atomic mass is 10.2. The predicted octanol–water partition coefficient (Wildman–Crippen LogP) is 2.19. The Labute approximate surface area is 116 Å². The van der Waals surface area contributed by atoms with Gasteiger partial charge in [0.05, 0.1) is 5.56 Å². The molecular formula is C12H8BrN3O3. The molecule has 0 spiro atoms. The molecule has 2 aromatic rings. The molecule has 1 amide bonds. The summed E-state index contributed by atoms with van der Waals surface area (Å²) in [5, 5.41) is 11.5. The summed E-state index contributed by atoms with van der Waals surface area (Å²) in [7, 11) is 0. The Bertz CT molecular complexity index is 628. The number of halogens is 1. The highest BCUT2D eigenvalue weighted by molar-refractivity contribution is 9.10. The van der Waals surface area contributed by atoms with E-state index >= 15 is 0 Å². The average Bonchev–Trinajstić information content (AvgIpc) is 2.41. The van der Waals surface area contributed by atoms with Crippen molar-refractivity contribution >= 4 is 33.6 Å². The SMILES string of the molecule is O=C(O)c1cccnc1C(=O)Nc1ccc(Br)cn1. The molecule has 96 valence electrons. The van der Waals surface area contributed by atoms with Crippen molar-refractivity contribution in [3.63, 3.8) is 0 Å². The van der Waals surface area contributed by atoms with Gasteiger partial charge in [0.25, 0.3) is 5.91 Å². The molecule has 0 aliphatic carbocycles. The summed E-state index contributed by atoms with van der Waals surface area (Å²) in [6, 6.07) is 6.07. The number of hydrogen-bond donors (Lipinski definition) is 2. The molecule has 0 fully saturated rings. The standard InChI is InChI=1S/C12H8BrN3O3/c13-7-3-4-9(15-6-7)16-11(17)10-8(12(18)19)2-1-5-14-10/h1-6H,(H,18,19)(H,15,16,17). The predicted molar refractivity (Wildman–Crippen MR) is 71.1 cm³/mol. The normalized spacial score (nSPS) is 9.95. The summed E-state index contributed by atoms with van der Waals surface area (Å²) in [6.45, 7) is 0. The molecule has 0 atom stereocenters. The molecule has 0 saturated heterocycles. The van der Waals surface area contributed by atoms with Crippen LogP contribution in [-0.4, -0.2) is 27.0 Å². The van der Waals surface area contributed by atoms with Gasteiger partial charge in [-0.05, 0) is 40.2 Å². The molecule has 19 heavy (non-hydrogen) atoms. The van der Waals surface area contributed by atoms with Gasteiger partial charge in [-0.2, -0.15) is 0 Å². The maximum atomic E-state index is 11.9. The average molecular weight is 322 g/mol. The maximum absolute atomic E-state index is 11.9. The van der Waals surface area contributed by atoms with Crippen LogP contribution in [0.5, 0.6) is 0 Å². The van der Waals surface area contributed by atoms with Crippen molar-refractivity contribution in [2.45, 2.75) is 0 Å². The van der Waals surface area contributed by atoms with Gasteiger partial charge in [0, 0.05) is 16.9 Å². The topological polar surface area (TPSA) is 92.2 Å². The van der Waals surface area contributed by atoms with Crippen molar-refractivity contribution in [1.82, 2.24) is 9.97 Å². The first-order valence-electron chi connectivity index (χ1n) is 5.19. The van der Waals surface area contributed by atoms with Crippen LogP contribution in [0.2, 0.25) is 0 Å². The Kier molecular flexibility index (Phi) is 3.86. The highest BCUT2D eigenvalue weighted by Gasteiger charge is 2.17. The van der Waals surface area contributed by atoms with Gasteiger partial charge in [-0.1, -0.05) is 0 Å². The minimum Gasteiger partial charge on any atom is -0.478 e. The van der Waals surface area contributed by atoms with Gasteiger partial charge in [-0.15, -0.1) is 0 Å². The Morgan fingerprint density at radius 1 is 1.21 bits per heavy atom. The lowest BCUT2D eigenvalue weighted by Gasteiger charge is -2.05. The number of hydrogen-bond acceptors (Lipinski definition) is 4. The molecule has 0 aliphatic rings. The van der Waals surface area contributed by atoms with Gasteiger partial charge in [0.2, 0.25) is 0 Å². The number of carbonyl (C=O) groups is 2. The fourth-order valence-corrected chi connectivity index (χ4v) is 1.62. The zero-order valence-electron chi connectivity index (χ0n) is 9.50. The fourth-order valence-electron chi connectivity index (χ4n) is 1.38. The van der Waals surface area contributed by atoms with Gasteiger partial charge < -0.3 is 10.4 Å². The van der Waals surface area contributed by atoms with E-state index in [1.54, 1.807) is 12.1 Å². The lowest BCUT2D eigenvalue weighted by molar-refractivity contribution is 0.0691. The first-order chi connectivity index (χ1) is 9.08. The van der Waals surface area contributed by atoms with E-state index in [-0.39, 0.29) is 11.3 Å². The number of carboxylic acid groups (broad SMARTS) is 1. The zero-order chi connectivity index (χ0) is 13.8. The van der Waals surface area contributed by atoms with Crippen LogP contribution in [0.4, 0.5) is 5.82 Å². The molecule has 0 aliphatic heterocycles. The second-order valence-electron chi connectivity index (χ2n) is 3.52. The molecule has 2 heterocycles. The number of nitrogens with zero attached hydrogens (tertiary/aromatic N) is 2. The summed E-state index contributed by atoms with van der Waals surface area (Å²) < 4.78 is 0.773. The quantitative estimate of drug-likeness (QED) is 0.904. The monoisotopic (exact) mass is 321 g/mol. The highest BCUT2D eigenvalue weighted by atomic mass is 79.9. The van der Waals surface area contributed by atoms with E-state index in [1.165, 1.54) is 24.5 Å². The number of aromatic nitrogens is 2. The number of pyridine rings is 2. The van der Waals surface area contributed by atoms with Gasteiger partial charge in [-0.3, -0.25) is 9.78 Å². The van der Waals surface area contributed by atoms with Gasteiger partial charge in [-0.25, -0.2) is 9.78 Å². The van der Waals surface area contributed by atoms with Crippen LogP contribution in [-0.2, 0) is 0 Å². The van der Waals surface area contributed by atoms with E-state index < -0.39 is 11.9 Å². The number of anilines is 1. The molecule has 6 nitrogen and oxygen atoms in total. The second kappa shape index (κ2) is 5.57. The van der Waals surface area contributed by atoms with E-state index in [4.69, 9.17) is 5.11 Å². The summed E-state index contributed by atoms with van der Waals surface area (Å²) in [4.78, 5) is 30.7.